The monoisotopic (exact) mass is 501 g/mol. The molecule has 154 valence electrons. The second-order valence-electron chi connectivity index (χ2n) is 6.75. The van der Waals surface area contributed by atoms with Crippen molar-refractivity contribution < 1.29 is 9.13 Å². The Bertz CT molecular complexity index is 734. The highest BCUT2D eigenvalue weighted by molar-refractivity contribution is 14.0. The Morgan fingerprint density at radius 3 is 2.89 bits per heavy atom. The molecule has 1 aliphatic rings. The fourth-order valence-corrected chi connectivity index (χ4v) is 2.69. The van der Waals surface area contributed by atoms with Crippen LogP contribution in [0.5, 0.6) is 0 Å². The van der Waals surface area contributed by atoms with E-state index >= 15 is 0 Å². The quantitative estimate of drug-likeness (QED) is 0.227. The standard InChI is InChI=1S/C20H28FN5O.HI/c1-2-23-20(24-8-3-11-27-14-16-4-5-16)25-13-17-6-7-19(18(21)12-17)26-10-9-22-15-26;/h6-7,9-10,12,15-16H,2-5,8,11,13-14H2,1H3,(H2,23,24,25);1H. The lowest BCUT2D eigenvalue weighted by molar-refractivity contribution is 0.123. The Morgan fingerprint density at radius 2 is 2.21 bits per heavy atom. The molecule has 2 N–H and O–H groups in total. The van der Waals surface area contributed by atoms with Crippen LogP contribution in [0.15, 0.2) is 41.9 Å². The van der Waals surface area contributed by atoms with Crippen LogP contribution in [0.2, 0.25) is 0 Å². The highest BCUT2D eigenvalue weighted by Gasteiger charge is 2.20. The van der Waals surface area contributed by atoms with Crippen molar-refractivity contribution in [2.24, 2.45) is 10.9 Å². The molecule has 1 fully saturated rings. The summed E-state index contributed by atoms with van der Waals surface area (Å²) in [7, 11) is 0. The maximum atomic E-state index is 14.3. The highest BCUT2D eigenvalue weighted by Crippen LogP contribution is 2.28. The SMILES string of the molecule is CCNC(=NCc1ccc(-n2ccnc2)c(F)c1)NCCCOCC1CC1.I. The van der Waals surface area contributed by atoms with Crippen LogP contribution in [0.1, 0.15) is 31.7 Å². The number of rotatable bonds is 10. The first-order valence-corrected chi connectivity index (χ1v) is 9.63. The van der Waals surface area contributed by atoms with E-state index in [1.165, 1.54) is 18.9 Å². The van der Waals surface area contributed by atoms with Gasteiger partial charge < -0.3 is 19.9 Å². The highest BCUT2D eigenvalue weighted by atomic mass is 127. The van der Waals surface area contributed by atoms with Crippen molar-refractivity contribution in [3.8, 4) is 5.69 Å². The Morgan fingerprint density at radius 1 is 1.36 bits per heavy atom. The van der Waals surface area contributed by atoms with E-state index in [4.69, 9.17) is 4.74 Å². The summed E-state index contributed by atoms with van der Waals surface area (Å²) in [4.78, 5) is 8.49. The van der Waals surface area contributed by atoms with Gasteiger partial charge >= 0.3 is 0 Å². The second kappa shape index (κ2) is 12.0. The molecule has 3 rings (SSSR count). The smallest absolute Gasteiger partial charge is 0.191 e. The molecule has 1 aromatic heterocycles. The first kappa shape index (κ1) is 22.6. The normalized spacial score (nSPS) is 13.9. The molecule has 0 radical (unpaired) electrons. The van der Waals surface area contributed by atoms with E-state index in [1.807, 2.05) is 13.0 Å². The molecule has 2 aromatic rings. The van der Waals surface area contributed by atoms with Gasteiger partial charge in [0.15, 0.2) is 5.96 Å². The lowest BCUT2D eigenvalue weighted by Crippen LogP contribution is -2.38. The molecule has 1 heterocycles. The fraction of sp³-hybridized carbons (Fsp3) is 0.500. The number of aromatic nitrogens is 2. The van der Waals surface area contributed by atoms with Gasteiger partial charge in [-0.1, -0.05) is 6.07 Å². The zero-order valence-electron chi connectivity index (χ0n) is 16.2. The number of hydrogen-bond acceptors (Lipinski definition) is 3. The third-order valence-electron chi connectivity index (χ3n) is 4.37. The summed E-state index contributed by atoms with van der Waals surface area (Å²) >= 11 is 0. The molecule has 0 saturated heterocycles. The molecule has 0 unspecified atom stereocenters. The molecule has 0 bridgehead atoms. The fourth-order valence-electron chi connectivity index (χ4n) is 2.69. The summed E-state index contributed by atoms with van der Waals surface area (Å²) in [5.41, 5.74) is 1.30. The average molecular weight is 501 g/mol. The van der Waals surface area contributed by atoms with Crippen LogP contribution < -0.4 is 10.6 Å². The van der Waals surface area contributed by atoms with Crippen molar-refractivity contribution in [2.45, 2.75) is 32.7 Å². The summed E-state index contributed by atoms with van der Waals surface area (Å²) < 4.78 is 21.6. The van der Waals surface area contributed by atoms with Crippen LogP contribution in [-0.4, -0.2) is 41.8 Å². The number of nitrogens with zero attached hydrogens (tertiary/aromatic N) is 3. The number of benzene rings is 1. The van der Waals surface area contributed by atoms with E-state index in [0.717, 1.165) is 50.2 Å². The summed E-state index contributed by atoms with van der Waals surface area (Å²) in [6.07, 6.45) is 8.50. The summed E-state index contributed by atoms with van der Waals surface area (Å²) in [6, 6.07) is 5.16. The van der Waals surface area contributed by atoms with Gasteiger partial charge in [0.25, 0.3) is 0 Å². The van der Waals surface area contributed by atoms with Crippen LogP contribution in [0.4, 0.5) is 4.39 Å². The number of halogens is 2. The van der Waals surface area contributed by atoms with E-state index in [1.54, 1.807) is 29.4 Å². The van der Waals surface area contributed by atoms with Crippen LogP contribution >= 0.6 is 24.0 Å². The molecule has 0 amide bonds. The van der Waals surface area contributed by atoms with Crippen molar-refractivity contribution in [3.63, 3.8) is 0 Å². The molecule has 1 aliphatic carbocycles. The van der Waals surface area contributed by atoms with E-state index in [-0.39, 0.29) is 29.8 Å². The van der Waals surface area contributed by atoms with E-state index in [9.17, 15) is 4.39 Å². The van der Waals surface area contributed by atoms with Crippen LogP contribution in [0.3, 0.4) is 0 Å². The summed E-state index contributed by atoms with van der Waals surface area (Å²) in [5.74, 6) is 1.25. The van der Waals surface area contributed by atoms with Gasteiger partial charge in [-0.05, 0) is 49.8 Å². The van der Waals surface area contributed by atoms with E-state index < -0.39 is 0 Å². The Labute approximate surface area is 183 Å². The van der Waals surface area contributed by atoms with Gasteiger partial charge in [-0.2, -0.15) is 0 Å². The van der Waals surface area contributed by atoms with Gasteiger partial charge in [-0.3, -0.25) is 0 Å². The average Bonchev–Trinajstić information content (AvgIpc) is 3.33. The van der Waals surface area contributed by atoms with Crippen molar-refractivity contribution in [2.75, 3.05) is 26.3 Å². The summed E-state index contributed by atoms with van der Waals surface area (Å²) in [6.45, 7) is 5.67. The Balaban J connectivity index is 0.00000280. The van der Waals surface area contributed by atoms with Crippen molar-refractivity contribution in [1.29, 1.82) is 0 Å². The summed E-state index contributed by atoms with van der Waals surface area (Å²) in [5, 5.41) is 6.51. The van der Waals surface area contributed by atoms with Gasteiger partial charge in [-0.15, -0.1) is 24.0 Å². The molecule has 0 spiro atoms. The van der Waals surface area contributed by atoms with E-state index in [0.29, 0.717) is 12.2 Å². The molecule has 1 aromatic carbocycles. The topological polar surface area (TPSA) is 63.5 Å². The maximum Gasteiger partial charge on any atom is 0.191 e. The number of imidazole rings is 1. The van der Waals surface area contributed by atoms with Gasteiger partial charge in [-0.25, -0.2) is 14.4 Å². The number of aliphatic imine (C=N–C) groups is 1. The maximum absolute atomic E-state index is 14.3. The lowest BCUT2D eigenvalue weighted by atomic mass is 10.2. The molecule has 0 aliphatic heterocycles. The van der Waals surface area contributed by atoms with Gasteiger partial charge in [0.2, 0.25) is 0 Å². The lowest BCUT2D eigenvalue weighted by Gasteiger charge is -2.12. The van der Waals surface area contributed by atoms with Crippen molar-refractivity contribution in [1.82, 2.24) is 20.2 Å². The number of nitrogens with one attached hydrogen (secondary N) is 2. The predicted molar refractivity (Wildman–Crippen MR) is 120 cm³/mol. The van der Waals surface area contributed by atoms with Gasteiger partial charge in [0.05, 0.1) is 18.6 Å². The van der Waals surface area contributed by atoms with Crippen LogP contribution in [0, 0.1) is 11.7 Å². The van der Waals surface area contributed by atoms with Crippen LogP contribution in [-0.2, 0) is 11.3 Å². The second-order valence-corrected chi connectivity index (χ2v) is 6.75. The molecule has 1 saturated carbocycles. The molecular formula is C20H29FIN5O. The molecule has 28 heavy (non-hydrogen) atoms. The van der Waals surface area contributed by atoms with Gasteiger partial charge in [0.1, 0.15) is 5.82 Å². The Kier molecular flexibility index (Phi) is 9.69. The van der Waals surface area contributed by atoms with Gasteiger partial charge in [0, 0.05) is 38.7 Å². The third-order valence-corrected chi connectivity index (χ3v) is 4.37. The predicted octanol–water partition coefficient (Wildman–Crippen LogP) is 3.50. The molecule has 0 atom stereocenters. The largest absolute Gasteiger partial charge is 0.381 e. The molecular weight excluding hydrogens is 472 g/mol. The van der Waals surface area contributed by atoms with Crippen molar-refractivity contribution >= 4 is 29.9 Å². The van der Waals surface area contributed by atoms with Crippen molar-refractivity contribution in [3.05, 3.63) is 48.3 Å². The molecule has 8 heteroatoms. The first-order chi connectivity index (χ1) is 13.3. The number of hydrogen-bond donors (Lipinski definition) is 2. The van der Waals surface area contributed by atoms with E-state index in [2.05, 4.69) is 20.6 Å². The number of ether oxygens (including phenoxy) is 1. The van der Waals surface area contributed by atoms with Crippen LogP contribution in [0.25, 0.3) is 5.69 Å². The minimum Gasteiger partial charge on any atom is -0.381 e. The Hall–Kier alpha value is -1.68. The minimum atomic E-state index is -0.286. The minimum absolute atomic E-state index is 0. The first-order valence-electron chi connectivity index (χ1n) is 9.63. The number of guanidine groups is 1. The molecule has 6 nitrogen and oxygen atoms in total. The zero-order chi connectivity index (χ0) is 18.9. The zero-order valence-corrected chi connectivity index (χ0v) is 18.6. The third kappa shape index (κ3) is 7.38.